The monoisotopic (exact) mass is 323 g/mol. The van der Waals surface area contributed by atoms with Crippen molar-refractivity contribution in [3.63, 3.8) is 0 Å². The van der Waals surface area contributed by atoms with Crippen LogP contribution in [0, 0.1) is 19.8 Å². The molecule has 1 atom stereocenters. The third-order valence-corrected chi connectivity index (χ3v) is 3.34. The van der Waals surface area contributed by atoms with Gasteiger partial charge in [0.25, 0.3) is 5.91 Å². The largest absolute Gasteiger partial charge is 0.447 e. The van der Waals surface area contributed by atoms with Gasteiger partial charge in [-0.05, 0) is 32.3 Å². The number of nitrogens with one attached hydrogen (secondary N) is 2. The van der Waals surface area contributed by atoms with E-state index in [0.29, 0.717) is 16.8 Å². The Kier molecular flexibility index (Phi) is 5.67. The molecule has 0 aliphatic heterocycles. The summed E-state index contributed by atoms with van der Waals surface area (Å²) in [4.78, 5) is 49.3. The number of rotatable bonds is 5. The molecule has 0 unspecified atom stereocenters. The predicted molar refractivity (Wildman–Crippen MR) is 82.0 cm³/mol. The van der Waals surface area contributed by atoms with Crippen molar-refractivity contribution in [3.8, 4) is 0 Å². The summed E-state index contributed by atoms with van der Waals surface area (Å²) in [6.07, 6.45) is -1.18. The number of urea groups is 1. The number of esters is 1. The molecular weight excluding hydrogens is 302 g/mol. The minimum Gasteiger partial charge on any atom is -0.447 e. The SMILES string of the molecule is CC(=O)c1c(C)[nH]c(C(=O)O[C@H](C(=O)NC(N)=O)C(C)C)c1C. The van der Waals surface area contributed by atoms with Crippen LogP contribution in [0.3, 0.4) is 0 Å². The first-order valence-corrected chi connectivity index (χ1v) is 7.07. The van der Waals surface area contributed by atoms with E-state index < -0.39 is 24.0 Å². The van der Waals surface area contributed by atoms with Crippen molar-refractivity contribution in [2.75, 3.05) is 0 Å². The Bertz CT molecular complexity index is 660. The lowest BCUT2D eigenvalue weighted by Gasteiger charge is -2.19. The molecule has 0 aromatic carbocycles. The highest BCUT2D eigenvalue weighted by atomic mass is 16.5. The predicted octanol–water partition coefficient (Wildman–Crippen LogP) is 1.21. The summed E-state index contributed by atoms with van der Waals surface area (Å²) >= 11 is 0. The van der Waals surface area contributed by atoms with Crippen LogP contribution in [0.4, 0.5) is 4.79 Å². The summed E-state index contributed by atoms with van der Waals surface area (Å²) in [5.74, 6) is -2.13. The van der Waals surface area contributed by atoms with Crippen LogP contribution >= 0.6 is 0 Å². The van der Waals surface area contributed by atoms with Crippen molar-refractivity contribution >= 4 is 23.7 Å². The molecule has 0 fully saturated rings. The number of nitrogens with two attached hydrogens (primary N) is 1. The number of H-pyrrole nitrogens is 1. The quantitative estimate of drug-likeness (QED) is 0.553. The van der Waals surface area contributed by atoms with Gasteiger partial charge < -0.3 is 15.5 Å². The molecule has 3 amide bonds. The molecule has 8 heteroatoms. The van der Waals surface area contributed by atoms with Gasteiger partial charge in [-0.3, -0.25) is 14.9 Å². The van der Waals surface area contributed by atoms with E-state index >= 15 is 0 Å². The van der Waals surface area contributed by atoms with E-state index in [4.69, 9.17) is 10.5 Å². The lowest BCUT2D eigenvalue weighted by Crippen LogP contribution is -2.45. The molecule has 0 aliphatic rings. The molecule has 0 bridgehead atoms. The fourth-order valence-corrected chi connectivity index (χ4v) is 2.34. The molecule has 1 heterocycles. The topological polar surface area (TPSA) is 131 Å². The van der Waals surface area contributed by atoms with E-state index in [0.717, 1.165) is 0 Å². The van der Waals surface area contributed by atoms with Crippen LogP contribution in [0.1, 0.15) is 52.9 Å². The summed E-state index contributed by atoms with van der Waals surface area (Å²) in [6, 6.07) is -1.03. The number of amides is 3. The van der Waals surface area contributed by atoms with E-state index in [1.165, 1.54) is 6.92 Å². The van der Waals surface area contributed by atoms with E-state index in [9.17, 15) is 19.2 Å². The number of ether oxygens (including phenoxy) is 1. The fourth-order valence-electron chi connectivity index (χ4n) is 2.34. The third kappa shape index (κ3) is 4.18. The van der Waals surface area contributed by atoms with Crippen LogP contribution in [-0.4, -0.2) is 34.8 Å². The summed E-state index contributed by atoms with van der Waals surface area (Å²) < 4.78 is 5.19. The summed E-state index contributed by atoms with van der Waals surface area (Å²) in [5.41, 5.74) is 6.42. The number of primary amides is 1. The molecule has 0 spiro atoms. The first kappa shape index (κ1) is 18.4. The smallest absolute Gasteiger partial charge is 0.355 e. The van der Waals surface area contributed by atoms with E-state index in [-0.39, 0.29) is 17.4 Å². The number of carbonyl (C=O) groups is 4. The van der Waals surface area contributed by atoms with E-state index in [2.05, 4.69) is 4.98 Å². The molecule has 0 saturated heterocycles. The second-order valence-corrected chi connectivity index (χ2v) is 5.60. The van der Waals surface area contributed by atoms with Gasteiger partial charge in [-0.15, -0.1) is 0 Å². The van der Waals surface area contributed by atoms with Crippen LogP contribution in [0.15, 0.2) is 0 Å². The number of ketones is 1. The van der Waals surface area contributed by atoms with Gasteiger partial charge in [0, 0.05) is 11.3 Å². The van der Waals surface area contributed by atoms with E-state index in [1.54, 1.807) is 27.7 Å². The van der Waals surface area contributed by atoms with Gasteiger partial charge in [-0.25, -0.2) is 9.59 Å². The van der Waals surface area contributed by atoms with Crippen LogP contribution in [0.2, 0.25) is 0 Å². The van der Waals surface area contributed by atoms with Crippen LogP contribution in [0.5, 0.6) is 0 Å². The number of imide groups is 1. The molecule has 4 N–H and O–H groups in total. The Morgan fingerprint density at radius 1 is 1.17 bits per heavy atom. The molecule has 1 aromatic rings. The Labute approximate surface area is 133 Å². The van der Waals surface area contributed by atoms with Crippen molar-refractivity contribution in [2.45, 2.75) is 40.7 Å². The minimum atomic E-state index is -1.18. The first-order chi connectivity index (χ1) is 10.6. The van der Waals surface area contributed by atoms with Gasteiger partial charge in [0.1, 0.15) is 5.69 Å². The highest BCUT2D eigenvalue weighted by Crippen LogP contribution is 2.20. The zero-order chi connectivity index (χ0) is 17.9. The highest BCUT2D eigenvalue weighted by molar-refractivity contribution is 6.02. The molecule has 0 saturated carbocycles. The van der Waals surface area contributed by atoms with Crippen LogP contribution in [0.25, 0.3) is 0 Å². The summed E-state index contributed by atoms with van der Waals surface area (Å²) in [5, 5.41) is 1.89. The molecule has 126 valence electrons. The van der Waals surface area contributed by atoms with Crippen molar-refractivity contribution in [1.29, 1.82) is 0 Å². The lowest BCUT2D eigenvalue weighted by molar-refractivity contribution is -0.130. The summed E-state index contributed by atoms with van der Waals surface area (Å²) in [7, 11) is 0. The lowest BCUT2D eigenvalue weighted by atomic mass is 10.1. The van der Waals surface area contributed by atoms with Crippen LogP contribution < -0.4 is 11.1 Å². The minimum absolute atomic E-state index is 0.102. The van der Waals surface area contributed by atoms with Gasteiger partial charge in [0.05, 0.1) is 0 Å². The molecule has 0 aliphatic carbocycles. The van der Waals surface area contributed by atoms with Crippen molar-refractivity contribution in [3.05, 3.63) is 22.5 Å². The van der Waals surface area contributed by atoms with Gasteiger partial charge in [-0.1, -0.05) is 13.8 Å². The Morgan fingerprint density at radius 3 is 2.13 bits per heavy atom. The van der Waals surface area contributed by atoms with Crippen molar-refractivity contribution in [2.24, 2.45) is 11.7 Å². The zero-order valence-corrected chi connectivity index (χ0v) is 13.8. The average molecular weight is 323 g/mol. The number of hydrogen-bond acceptors (Lipinski definition) is 5. The molecule has 0 radical (unpaired) electrons. The normalized spacial score (nSPS) is 11.9. The van der Waals surface area contributed by atoms with Gasteiger partial charge >= 0.3 is 12.0 Å². The van der Waals surface area contributed by atoms with Crippen LogP contribution in [-0.2, 0) is 9.53 Å². The van der Waals surface area contributed by atoms with Gasteiger partial charge in [0.2, 0.25) is 0 Å². The number of Topliss-reactive ketones (excluding diaryl/α,β-unsaturated/α-hetero) is 1. The molecule has 23 heavy (non-hydrogen) atoms. The number of hydrogen-bond donors (Lipinski definition) is 3. The maximum Gasteiger partial charge on any atom is 0.355 e. The number of aryl methyl sites for hydroxylation is 1. The molecular formula is C15H21N3O5. The summed E-state index contributed by atoms with van der Waals surface area (Å²) in [6.45, 7) is 8.00. The van der Waals surface area contributed by atoms with E-state index in [1.807, 2.05) is 5.32 Å². The maximum absolute atomic E-state index is 12.3. The Hall–Kier alpha value is -2.64. The number of aromatic amines is 1. The number of aromatic nitrogens is 1. The molecule has 1 rings (SSSR count). The highest BCUT2D eigenvalue weighted by Gasteiger charge is 2.30. The first-order valence-electron chi connectivity index (χ1n) is 7.07. The maximum atomic E-state index is 12.3. The second kappa shape index (κ2) is 7.08. The van der Waals surface area contributed by atoms with Gasteiger partial charge in [0.15, 0.2) is 11.9 Å². The molecule has 1 aromatic heterocycles. The third-order valence-electron chi connectivity index (χ3n) is 3.34. The zero-order valence-electron chi connectivity index (χ0n) is 13.8. The molecule has 8 nitrogen and oxygen atoms in total. The average Bonchev–Trinajstić information content (AvgIpc) is 2.69. The Morgan fingerprint density at radius 2 is 1.74 bits per heavy atom. The van der Waals surface area contributed by atoms with Gasteiger partial charge in [-0.2, -0.15) is 0 Å². The number of carbonyl (C=O) groups excluding carboxylic acids is 4. The second-order valence-electron chi connectivity index (χ2n) is 5.60. The fraction of sp³-hybridized carbons (Fsp3) is 0.467. The standard InChI is InChI=1S/C15H21N3O5/c1-6(2)12(13(20)18-15(16)22)23-14(21)11-7(3)10(9(5)19)8(4)17-11/h6,12,17H,1-5H3,(H3,16,18,20,22)/t12-/m0/s1. The van der Waals surface area contributed by atoms with Crippen molar-refractivity contribution < 1.29 is 23.9 Å². The van der Waals surface area contributed by atoms with Crippen molar-refractivity contribution in [1.82, 2.24) is 10.3 Å². The Balaban J connectivity index is 3.05.